The van der Waals surface area contributed by atoms with Gasteiger partial charge in [-0.3, -0.25) is 9.80 Å². The molecular weight excluding hydrogens is 264 g/mol. The van der Waals surface area contributed by atoms with Crippen LogP contribution in [-0.2, 0) is 0 Å². The molecule has 0 aromatic carbocycles. The number of hydrogen-bond acceptors (Lipinski definition) is 5. The first kappa shape index (κ1) is 14.8. The van der Waals surface area contributed by atoms with Crippen molar-refractivity contribution in [2.24, 2.45) is 5.73 Å². The van der Waals surface area contributed by atoms with Crippen LogP contribution in [0.2, 0.25) is 0 Å². The Bertz CT molecular complexity index is 464. The molecule has 0 aliphatic carbocycles. The second-order valence-electron chi connectivity index (χ2n) is 6.22. The highest BCUT2D eigenvalue weighted by molar-refractivity contribution is 5.21. The molecule has 0 spiro atoms. The number of hydrogen-bond donors (Lipinski definition) is 1. The lowest BCUT2D eigenvalue weighted by atomic mass is 10.0. The van der Waals surface area contributed by atoms with E-state index in [1.54, 1.807) is 7.11 Å². The summed E-state index contributed by atoms with van der Waals surface area (Å²) in [6.45, 7) is 6.49. The van der Waals surface area contributed by atoms with Crippen LogP contribution >= 0.6 is 0 Å². The molecule has 2 aliphatic heterocycles. The fourth-order valence-corrected chi connectivity index (χ4v) is 3.82. The van der Waals surface area contributed by atoms with E-state index in [0.717, 1.165) is 13.1 Å². The van der Waals surface area contributed by atoms with Gasteiger partial charge in [-0.1, -0.05) is 6.07 Å². The molecule has 0 amide bonds. The topological polar surface area (TPSA) is 54.6 Å². The molecule has 1 aromatic rings. The van der Waals surface area contributed by atoms with E-state index in [-0.39, 0.29) is 6.04 Å². The van der Waals surface area contributed by atoms with Crippen molar-refractivity contribution in [1.29, 1.82) is 0 Å². The van der Waals surface area contributed by atoms with E-state index in [4.69, 9.17) is 10.5 Å². The Kier molecular flexibility index (Phi) is 4.42. The van der Waals surface area contributed by atoms with Gasteiger partial charge in [-0.2, -0.15) is 0 Å². The molecule has 21 heavy (non-hydrogen) atoms. The molecule has 3 rings (SSSR count). The Morgan fingerprint density at radius 1 is 1.43 bits per heavy atom. The summed E-state index contributed by atoms with van der Waals surface area (Å²) in [5.41, 5.74) is 7.28. The van der Waals surface area contributed by atoms with E-state index < -0.39 is 0 Å². The van der Waals surface area contributed by atoms with E-state index >= 15 is 0 Å². The van der Waals surface area contributed by atoms with Gasteiger partial charge in [0, 0.05) is 50.0 Å². The van der Waals surface area contributed by atoms with Gasteiger partial charge in [0.25, 0.3) is 0 Å². The minimum absolute atomic E-state index is 0.251. The first-order valence-corrected chi connectivity index (χ1v) is 7.92. The van der Waals surface area contributed by atoms with Crippen molar-refractivity contribution in [3.05, 3.63) is 23.9 Å². The van der Waals surface area contributed by atoms with Crippen molar-refractivity contribution in [3.8, 4) is 5.88 Å². The van der Waals surface area contributed by atoms with Crippen molar-refractivity contribution < 1.29 is 4.74 Å². The van der Waals surface area contributed by atoms with E-state index in [1.165, 1.54) is 24.9 Å². The number of piperazine rings is 1. The largest absolute Gasteiger partial charge is 0.481 e. The predicted octanol–water partition coefficient (Wildman–Crippen LogP) is 1.26. The van der Waals surface area contributed by atoms with Crippen LogP contribution in [0.15, 0.2) is 18.3 Å². The Labute approximate surface area is 127 Å². The summed E-state index contributed by atoms with van der Waals surface area (Å²) in [5, 5.41) is 0. The van der Waals surface area contributed by atoms with Crippen LogP contribution in [0.3, 0.4) is 0 Å². The summed E-state index contributed by atoms with van der Waals surface area (Å²) in [5.74, 6) is 0.656. The molecule has 3 unspecified atom stereocenters. The standard InChI is InChI=1S/C16H26N4O/c1-12-10-19-7-3-4-14(19)11-20(12)15(8-17)13-5-6-16(21-2)18-9-13/h5-6,9,12,14-15H,3-4,7-8,10-11,17H2,1-2H3. The van der Waals surface area contributed by atoms with E-state index in [9.17, 15) is 0 Å². The zero-order valence-corrected chi connectivity index (χ0v) is 13.0. The Morgan fingerprint density at radius 3 is 2.95 bits per heavy atom. The summed E-state index contributed by atoms with van der Waals surface area (Å²) < 4.78 is 5.14. The van der Waals surface area contributed by atoms with Gasteiger partial charge in [-0.15, -0.1) is 0 Å². The predicted molar refractivity (Wildman–Crippen MR) is 83.3 cm³/mol. The second kappa shape index (κ2) is 6.30. The molecular formula is C16H26N4O. The van der Waals surface area contributed by atoms with Gasteiger partial charge in [0.2, 0.25) is 5.88 Å². The molecule has 0 radical (unpaired) electrons. The number of pyridine rings is 1. The summed E-state index contributed by atoms with van der Waals surface area (Å²) in [6, 6.07) is 5.52. The van der Waals surface area contributed by atoms with Gasteiger partial charge in [0.05, 0.1) is 7.11 Å². The highest BCUT2D eigenvalue weighted by Crippen LogP contribution is 2.30. The summed E-state index contributed by atoms with van der Waals surface area (Å²) in [4.78, 5) is 9.54. The maximum absolute atomic E-state index is 6.09. The average molecular weight is 290 g/mol. The first-order chi connectivity index (χ1) is 10.2. The number of fused-ring (bicyclic) bond motifs is 1. The smallest absolute Gasteiger partial charge is 0.212 e. The molecule has 2 N–H and O–H groups in total. The van der Waals surface area contributed by atoms with Crippen molar-refractivity contribution in [2.45, 2.75) is 37.9 Å². The van der Waals surface area contributed by atoms with Crippen LogP contribution in [-0.4, -0.2) is 60.2 Å². The fraction of sp³-hybridized carbons (Fsp3) is 0.688. The third-order valence-electron chi connectivity index (χ3n) is 4.96. The highest BCUT2D eigenvalue weighted by Gasteiger charge is 2.37. The lowest BCUT2D eigenvalue weighted by Crippen LogP contribution is -2.56. The Morgan fingerprint density at radius 2 is 2.29 bits per heavy atom. The summed E-state index contributed by atoms with van der Waals surface area (Å²) in [7, 11) is 1.64. The summed E-state index contributed by atoms with van der Waals surface area (Å²) in [6.07, 6.45) is 4.56. The third-order valence-corrected chi connectivity index (χ3v) is 4.96. The van der Waals surface area contributed by atoms with E-state index in [0.29, 0.717) is 24.5 Å². The molecule has 3 heterocycles. The van der Waals surface area contributed by atoms with E-state index in [2.05, 4.69) is 27.8 Å². The second-order valence-corrected chi connectivity index (χ2v) is 6.22. The highest BCUT2D eigenvalue weighted by atomic mass is 16.5. The molecule has 5 heteroatoms. The average Bonchev–Trinajstić information content (AvgIpc) is 2.96. The van der Waals surface area contributed by atoms with Crippen molar-refractivity contribution in [2.75, 3.05) is 33.3 Å². The van der Waals surface area contributed by atoms with Gasteiger partial charge in [0.15, 0.2) is 0 Å². The molecule has 2 fully saturated rings. The molecule has 116 valence electrons. The van der Waals surface area contributed by atoms with Gasteiger partial charge in [-0.25, -0.2) is 4.98 Å². The molecule has 0 saturated carbocycles. The van der Waals surface area contributed by atoms with Crippen LogP contribution in [0.25, 0.3) is 0 Å². The minimum Gasteiger partial charge on any atom is -0.481 e. The van der Waals surface area contributed by atoms with Crippen molar-refractivity contribution in [1.82, 2.24) is 14.8 Å². The van der Waals surface area contributed by atoms with Crippen molar-refractivity contribution in [3.63, 3.8) is 0 Å². The lowest BCUT2D eigenvalue weighted by Gasteiger charge is -2.45. The van der Waals surface area contributed by atoms with Crippen LogP contribution in [0, 0.1) is 0 Å². The SMILES string of the molecule is COc1ccc(C(CN)N2CC3CCCN3CC2C)cn1. The van der Waals surface area contributed by atoms with E-state index in [1.807, 2.05) is 12.3 Å². The molecule has 0 bridgehead atoms. The van der Waals surface area contributed by atoms with Gasteiger partial charge < -0.3 is 10.5 Å². The Balaban J connectivity index is 1.77. The minimum atomic E-state index is 0.251. The number of nitrogens with zero attached hydrogens (tertiary/aromatic N) is 3. The zero-order valence-electron chi connectivity index (χ0n) is 13.0. The normalized spacial score (nSPS) is 28.3. The van der Waals surface area contributed by atoms with Crippen LogP contribution in [0.4, 0.5) is 0 Å². The molecule has 5 nitrogen and oxygen atoms in total. The molecule has 2 aliphatic rings. The fourth-order valence-electron chi connectivity index (χ4n) is 3.82. The monoisotopic (exact) mass is 290 g/mol. The number of methoxy groups -OCH3 is 1. The molecule has 2 saturated heterocycles. The zero-order chi connectivity index (χ0) is 14.8. The molecule has 3 atom stereocenters. The summed E-state index contributed by atoms with van der Waals surface area (Å²) >= 11 is 0. The maximum atomic E-state index is 6.09. The van der Waals surface area contributed by atoms with Crippen LogP contribution < -0.4 is 10.5 Å². The van der Waals surface area contributed by atoms with Gasteiger partial charge in [-0.05, 0) is 31.9 Å². The number of aromatic nitrogens is 1. The quantitative estimate of drug-likeness (QED) is 0.905. The van der Waals surface area contributed by atoms with Gasteiger partial charge in [0.1, 0.15) is 0 Å². The molecule has 1 aromatic heterocycles. The maximum Gasteiger partial charge on any atom is 0.212 e. The van der Waals surface area contributed by atoms with Crippen LogP contribution in [0.1, 0.15) is 31.4 Å². The number of ether oxygens (including phenoxy) is 1. The Hall–Kier alpha value is -1.17. The first-order valence-electron chi connectivity index (χ1n) is 7.92. The third kappa shape index (κ3) is 2.91. The number of rotatable bonds is 4. The number of nitrogens with two attached hydrogens (primary N) is 1. The van der Waals surface area contributed by atoms with Gasteiger partial charge >= 0.3 is 0 Å². The van der Waals surface area contributed by atoms with Crippen molar-refractivity contribution >= 4 is 0 Å². The van der Waals surface area contributed by atoms with Crippen LogP contribution in [0.5, 0.6) is 5.88 Å². The lowest BCUT2D eigenvalue weighted by molar-refractivity contribution is 0.0295.